The van der Waals surface area contributed by atoms with Gasteiger partial charge in [0.05, 0.1) is 0 Å². The molecule has 2 aliphatic carbocycles. The minimum atomic E-state index is -4.62. The number of ether oxygens (including phenoxy) is 2. The Morgan fingerprint density at radius 3 is 1.27 bits per heavy atom. The highest BCUT2D eigenvalue weighted by atomic mass is 31.2. The van der Waals surface area contributed by atoms with Gasteiger partial charge in [0.1, 0.15) is 34.5 Å². The molecular weight excluding hydrogens is 655 g/mol. The Hall–Kier alpha value is -5.29. The first-order valence-corrected chi connectivity index (χ1v) is 19.3. The molecule has 0 spiro atoms. The number of fused-ring (bicyclic) bond motifs is 7. The van der Waals surface area contributed by atoms with E-state index in [9.17, 15) is 9.46 Å². The summed E-state index contributed by atoms with van der Waals surface area (Å²) >= 11 is 0. The van der Waals surface area contributed by atoms with Crippen molar-refractivity contribution in [1.82, 2.24) is 0 Å². The average molecular weight is 693 g/mol. The molecule has 6 aromatic carbocycles. The minimum absolute atomic E-state index is 0.411. The quantitative estimate of drug-likeness (QED) is 0.175. The Morgan fingerprint density at radius 2 is 0.863 bits per heavy atom. The van der Waals surface area contributed by atoms with E-state index in [1.807, 2.05) is 109 Å². The number of rotatable bonds is 6. The summed E-state index contributed by atoms with van der Waals surface area (Å²) in [7, 11) is -4.62. The molecule has 3 aliphatic rings. The molecule has 0 atom stereocenters. The molecule has 51 heavy (non-hydrogen) atoms. The van der Waals surface area contributed by atoms with E-state index in [0.717, 1.165) is 96.2 Å². The fraction of sp³-hybridized carbons (Fsp3) is 0.182. The zero-order chi connectivity index (χ0) is 34.4. The Balaban J connectivity index is 1.22. The lowest BCUT2D eigenvalue weighted by Crippen LogP contribution is -2.10. The summed E-state index contributed by atoms with van der Waals surface area (Å²) in [5.41, 5.74) is 9.99. The first-order chi connectivity index (χ1) is 25.0. The normalized spacial score (nSPS) is 15.5. The van der Waals surface area contributed by atoms with Gasteiger partial charge in [0.2, 0.25) is 0 Å². The van der Waals surface area contributed by atoms with Crippen LogP contribution in [-0.4, -0.2) is 4.89 Å². The molecule has 0 aromatic heterocycles. The summed E-state index contributed by atoms with van der Waals surface area (Å²) < 4.78 is 38.7. The molecule has 254 valence electrons. The minimum Gasteiger partial charge on any atom is -0.457 e. The number of phosphoric ester groups is 1. The number of phosphoric acid groups is 1. The van der Waals surface area contributed by atoms with Crippen molar-refractivity contribution in [3.8, 4) is 67.9 Å². The van der Waals surface area contributed by atoms with E-state index in [2.05, 4.69) is 12.1 Å². The molecule has 1 N–H and O–H groups in total. The summed E-state index contributed by atoms with van der Waals surface area (Å²) in [6, 6.07) is 39.4. The molecule has 0 amide bonds. The average Bonchev–Trinajstić information content (AvgIpc) is 3.29. The Labute approximate surface area is 297 Å². The number of aryl methyl sites for hydroxylation is 2. The Kier molecular flexibility index (Phi) is 8.14. The predicted molar refractivity (Wildman–Crippen MR) is 200 cm³/mol. The van der Waals surface area contributed by atoms with Crippen molar-refractivity contribution < 1.29 is 28.0 Å². The second kappa shape index (κ2) is 13.1. The lowest BCUT2D eigenvalue weighted by Gasteiger charge is -2.28. The summed E-state index contributed by atoms with van der Waals surface area (Å²) in [6.07, 6.45) is 7.87. The maximum atomic E-state index is 14.1. The fourth-order valence-corrected chi connectivity index (χ4v) is 8.70. The lowest BCUT2D eigenvalue weighted by molar-refractivity contribution is 0.295. The first kappa shape index (κ1) is 31.7. The van der Waals surface area contributed by atoms with Gasteiger partial charge >= 0.3 is 7.82 Å². The van der Waals surface area contributed by atoms with Crippen molar-refractivity contribution in [2.45, 2.75) is 51.4 Å². The smallest absolute Gasteiger partial charge is 0.457 e. The molecule has 9 rings (SSSR count). The van der Waals surface area contributed by atoms with Crippen LogP contribution in [-0.2, 0) is 30.2 Å². The Bertz CT molecular complexity index is 2120. The third kappa shape index (κ3) is 6.20. The van der Waals surface area contributed by atoms with Crippen LogP contribution in [0.5, 0.6) is 34.5 Å². The van der Waals surface area contributed by atoms with Crippen molar-refractivity contribution in [2.75, 3.05) is 0 Å². The van der Waals surface area contributed by atoms with Gasteiger partial charge in [-0.15, -0.1) is 0 Å². The van der Waals surface area contributed by atoms with Gasteiger partial charge in [-0.05, 0) is 145 Å². The zero-order valence-corrected chi connectivity index (χ0v) is 29.0. The zero-order valence-electron chi connectivity index (χ0n) is 28.1. The molecule has 0 saturated heterocycles. The van der Waals surface area contributed by atoms with Gasteiger partial charge < -0.3 is 18.5 Å². The van der Waals surface area contributed by atoms with Gasteiger partial charge in [0, 0.05) is 22.3 Å². The van der Waals surface area contributed by atoms with Gasteiger partial charge in [0.15, 0.2) is 0 Å². The fourth-order valence-electron chi connectivity index (χ4n) is 7.82. The van der Waals surface area contributed by atoms with Crippen LogP contribution in [0.2, 0.25) is 0 Å². The van der Waals surface area contributed by atoms with Crippen molar-refractivity contribution in [3.63, 3.8) is 0 Å². The summed E-state index contributed by atoms with van der Waals surface area (Å²) in [5, 5.41) is 0. The van der Waals surface area contributed by atoms with Crippen LogP contribution in [0.4, 0.5) is 0 Å². The SMILES string of the molecule is O=P1(O)Oc2c(-c3ccc(Oc4ccccc4)cc3)cc3c(c2-c2c4c(cc(-c5ccc(Oc6ccccc6)cc5)c2O1)CCCC4)CCCC3. The van der Waals surface area contributed by atoms with E-state index in [4.69, 9.17) is 18.5 Å². The van der Waals surface area contributed by atoms with Crippen LogP contribution >= 0.6 is 7.82 Å². The van der Waals surface area contributed by atoms with E-state index in [0.29, 0.717) is 23.0 Å². The van der Waals surface area contributed by atoms with Crippen molar-refractivity contribution >= 4 is 7.82 Å². The molecule has 7 heteroatoms. The highest BCUT2D eigenvalue weighted by Gasteiger charge is 2.40. The van der Waals surface area contributed by atoms with Gasteiger partial charge in [-0.3, -0.25) is 4.89 Å². The number of para-hydroxylation sites is 2. The van der Waals surface area contributed by atoms with E-state index in [1.165, 1.54) is 22.3 Å². The molecule has 0 bridgehead atoms. The number of hydrogen-bond acceptors (Lipinski definition) is 5. The van der Waals surface area contributed by atoms with E-state index in [1.54, 1.807) is 0 Å². The van der Waals surface area contributed by atoms with Crippen LogP contribution < -0.4 is 18.5 Å². The molecule has 1 aliphatic heterocycles. The number of benzene rings is 6. The van der Waals surface area contributed by atoms with Crippen molar-refractivity contribution in [3.05, 3.63) is 144 Å². The van der Waals surface area contributed by atoms with E-state index in [-0.39, 0.29) is 0 Å². The van der Waals surface area contributed by atoms with Gasteiger partial charge in [0.25, 0.3) is 0 Å². The van der Waals surface area contributed by atoms with Crippen molar-refractivity contribution in [2.24, 2.45) is 0 Å². The van der Waals surface area contributed by atoms with Gasteiger partial charge in [-0.2, -0.15) is 0 Å². The highest BCUT2D eigenvalue weighted by molar-refractivity contribution is 7.48. The van der Waals surface area contributed by atoms with E-state index < -0.39 is 7.82 Å². The second-order valence-electron chi connectivity index (χ2n) is 13.5. The highest BCUT2D eigenvalue weighted by Crippen LogP contribution is 2.61. The van der Waals surface area contributed by atoms with Crippen LogP contribution in [0, 0.1) is 0 Å². The summed E-state index contributed by atoms with van der Waals surface area (Å²) in [4.78, 5) is 11.5. The summed E-state index contributed by atoms with van der Waals surface area (Å²) in [5.74, 6) is 3.74. The summed E-state index contributed by atoms with van der Waals surface area (Å²) in [6.45, 7) is 0. The van der Waals surface area contributed by atoms with Crippen LogP contribution in [0.3, 0.4) is 0 Å². The third-order valence-corrected chi connectivity index (χ3v) is 11.0. The molecule has 6 nitrogen and oxygen atoms in total. The standard InChI is InChI=1S/C44H37O6P/c45-51(46)49-43-39(29-19-23-35(24-20-29)47-33-13-3-1-4-14-33)27-31-11-7-9-17-37(31)41(43)42-38-18-10-8-12-32(38)28-40(44(42)50-51)30-21-25-36(26-22-30)48-34-15-5-2-6-16-34/h1-6,13-16,19-28H,7-12,17-18H2,(H,45,46). The molecule has 6 aromatic rings. The molecule has 0 saturated carbocycles. The third-order valence-electron chi connectivity index (χ3n) is 10.2. The van der Waals surface area contributed by atoms with Gasteiger partial charge in [-0.1, -0.05) is 60.7 Å². The monoisotopic (exact) mass is 692 g/mol. The van der Waals surface area contributed by atoms with Crippen LogP contribution in [0.1, 0.15) is 47.9 Å². The largest absolute Gasteiger partial charge is 0.584 e. The molecular formula is C44H37O6P. The molecule has 0 radical (unpaired) electrons. The van der Waals surface area contributed by atoms with Crippen LogP contribution in [0.15, 0.2) is 121 Å². The Morgan fingerprint density at radius 1 is 0.490 bits per heavy atom. The van der Waals surface area contributed by atoms with Gasteiger partial charge in [-0.25, -0.2) is 4.57 Å². The lowest BCUT2D eigenvalue weighted by atomic mass is 9.77. The second-order valence-corrected chi connectivity index (χ2v) is 14.8. The number of hydrogen-bond donors (Lipinski definition) is 1. The van der Waals surface area contributed by atoms with Crippen LogP contribution in [0.25, 0.3) is 33.4 Å². The predicted octanol–water partition coefficient (Wildman–Crippen LogP) is 11.9. The van der Waals surface area contributed by atoms with E-state index >= 15 is 0 Å². The topological polar surface area (TPSA) is 74.2 Å². The molecule has 0 unspecified atom stereocenters. The maximum absolute atomic E-state index is 14.1. The van der Waals surface area contributed by atoms with Crippen molar-refractivity contribution in [1.29, 1.82) is 0 Å². The first-order valence-electron chi connectivity index (χ1n) is 17.8. The molecule has 0 fully saturated rings. The molecule has 1 heterocycles. The maximum Gasteiger partial charge on any atom is 0.584 e.